The van der Waals surface area contributed by atoms with E-state index < -0.39 is 0 Å². The van der Waals surface area contributed by atoms with Crippen molar-refractivity contribution >= 4 is 6.40 Å². The molecule has 0 aliphatic heterocycles. The molecule has 0 fully saturated rings. The van der Waals surface area contributed by atoms with Gasteiger partial charge < -0.3 is 9.26 Å². The van der Waals surface area contributed by atoms with Crippen molar-refractivity contribution in [1.29, 1.82) is 0 Å². The van der Waals surface area contributed by atoms with Gasteiger partial charge in [0.1, 0.15) is 0 Å². The van der Waals surface area contributed by atoms with E-state index in [-0.39, 0.29) is 0 Å². The Kier molecular flexibility index (Phi) is 2.78. The van der Waals surface area contributed by atoms with Crippen LogP contribution in [0, 0.1) is 0 Å². The van der Waals surface area contributed by atoms with Crippen LogP contribution in [-0.4, -0.2) is 18.6 Å². The number of hydrogen-bond donors (Lipinski definition) is 0. The number of hydrogen-bond acceptors (Lipinski definition) is 4. The van der Waals surface area contributed by atoms with Crippen molar-refractivity contribution in [2.75, 3.05) is 7.05 Å². The maximum absolute atomic E-state index is 5.11. The fourth-order valence-corrected chi connectivity index (χ4v) is 1.16. The average Bonchev–Trinajstić information content (AvgIpc) is 2.76. The molecule has 15 heavy (non-hydrogen) atoms. The average molecular weight is 202 g/mol. The zero-order valence-corrected chi connectivity index (χ0v) is 8.25. The molecule has 0 radical (unpaired) electrons. The number of benzene rings is 1. The van der Waals surface area contributed by atoms with Crippen molar-refractivity contribution in [3.63, 3.8) is 0 Å². The third-order valence-corrected chi connectivity index (χ3v) is 1.83. The molecule has 2 rings (SSSR count). The summed E-state index contributed by atoms with van der Waals surface area (Å²) < 4.78 is 10.2. The first-order valence-corrected chi connectivity index (χ1v) is 4.49. The Hall–Kier alpha value is -2.10. The Labute approximate surface area is 87.2 Å². The molecule has 76 valence electrons. The van der Waals surface area contributed by atoms with Gasteiger partial charge in [-0.25, -0.2) is 0 Å². The molecule has 0 aliphatic carbocycles. The van der Waals surface area contributed by atoms with E-state index >= 15 is 0 Å². The highest BCUT2D eigenvalue weighted by Crippen LogP contribution is 2.22. The lowest BCUT2D eigenvalue weighted by Crippen LogP contribution is -1.87. The minimum absolute atomic E-state index is 0.402. The highest BCUT2D eigenvalue weighted by atomic mass is 16.5. The smallest absolute Gasteiger partial charge is 0.260 e. The molecular formula is C11H10N2O2. The van der Waals surface area contributed by atoms with Crippen molar-refractivity contribution in [3.8, 4) is 17.2 Å². The topological polar surface area (TPSA) is 47.6 Å². The molecule has 0 atom stereocenters. The third kappa shape index (κ3) is 2.22. The van der Waals surface area contributed by atoms with Crippen LogP contribution in [0.1, 0.15) is 0 Å². The Bertz CT molecular complexity index is 449. The van der Waals surface area contributed by atoms with E-state index in [2.05, 4.69) is 10.1 Å². The number of nitrogens with zero attached hydrogens (tertiary/aromatic N) is 2. The summed E-state index contributed by atoms with van der Waals surface area (Å²) in [5, 5.41) is 3.74. The maximum Gasteiger partial charge on any atom is 0.260 e. The second kappa shape index (κ2) is 4.41. The predicted octanol–water partition coefficient (Wildman–Crippen LogP) is 2.38. The summed E-state index contributed by atoms with van der Waals surface area (Å²) in [7, 11) is 1.62. The lowest BCUT2D eigenvalue weighted by atomic mass is 10.2. The highest BCUT2D eigenvalue weighted by Gasteiger charge is 2.05. The molecule has 0 N–H and O–H groups in total. The van der Waals surface area contributed by atoms with Gasteiger partial charge >= 0.3 is 0 Å². The van der Waals surface area contributed by atoms with Gasteiger partial charge in [-0.05, 0) is 5.16 Å². The van der Waals surface area contributed by atoms with Gasteiger partial charge in [0, 0.05) is 12.6 Å². The Morgan fingerprint density at radius 2 is 2.13 bits per heavy atom. The van der Waals surface area contributed by atoms with Crippen LogP contribution in [-0.2, 0) is 0 Å². The minimum atomic E-state index is 0.402. The van der Waals surface area contributed by atoms with Crippen molar-refractivity contribution in [2.45, 2.75) is 0 Å². The molecule has 0 unspecified atom stereocenters. The van der Waals surface area contributed by atoms with Gasteiger partial charge in [-0.3, -0.25) is 4.99 Å². The number of rotatable bonds is 3. The van der Waals surface area contributed by atoms with Gasteiger partial charge in [-0.1, -0.05) is 30.3 Å². The standard InChI is InChI=1S/C11H10N2O2/c1-12-8-14-11-7-10(15-13-11)9-5-3-2-4-6-9/h2-8H,1H3. The molecule has 0 saturated heterocycles. The predicted molar refractivity (Wildman–Crippen MR) is 57.0 cm³/mol. The van der Waals surface area contributed by atoms with Crippen molar-refractivity contribution in [2.24, 2.45) is 4.99 Å². The van der Waals surface area contributed by atoms with Crippen molar-refractivity contribution in [1.82, 2.24) is 5.16 Å². The van der Waals surface area contributed by atoms with Crippen LogP contribution in [0.25, 0.3) is 11.3 Å². The Balaban J connectivity index is 2.20. The molecule has 0 amide bonds. The van der Waals surface area contributed by atoms with Crippen LogP contribution in [0.5, 0.6) is 5.88 Å². The Morgan fingerprint density at radius 3 is 2.87 bits per heavy atom. The summed E-state index contributed by atoms with van der Waals surface area (Å²) in [4.78, 5) is 3.68. The molecule has 0 saturated carbocycles. The van der Waals surface area contributed by atoms with Crippen LogP contribution in [0.4, 0.5) is 0 Å². The van der Waals surface area contributed by atoms with Gasteiger partial charge in [-0.15, -0.1) is 0 Å². The second-order valence-electron chi connectivity index (χ2n) is 2.88. The van der Waals surface area contributed by atoms with Crippen LogP contribution >= 0.6 is 0 Å². The van der Waals surface area contributed by atoms with Gasteiger partial charge in [-0.2, -0.15) is 0 Å². The number of aliphatic imine (C=N–C) groups is 1. The SMILES string of the molecule is CN=COc1cc(-c2ccccc2)on1. The number of ether oxygens (including phenoxy) is 1. The second-order valence-corrected chi connectivity index (χ2v) is 2.88. The molecule has 0 aliphatic rings. The summed E-state index contributed by atoms with van der Waals surface area (Å²) in [6, 6.07) is 11.4. The van der Waals surface area contributed by atoms with E-state index in [1.54, 1.807) is 13.1 Å². The van der Waals surface area contributed by atoms with Crippen LogP contribution in [0.15, 0.2) is 45.9 Å². The molecule has 1 heterocycles. The van der Waals surface area contributed by atoms with Gasteiger partial charge in [0.2, 0.25) is 0 Å². The van der Waals surface area contributed by atoms with E-state index in [0.29, 0.717) is 11.6 Å². The summed E-state index contributed by atoms with van der Waals surface area (Å²) in [5.41, 5.74) is 0.966. The largest absolute Gasteiger partial charge is 0.425 e. The molecule has 4 nitrogen and oxygen atoms in total. The molecule has 0 spiro atoms. The first-order chi connectivity index (χ1) is 7.40. The van der Waals surface area contributed by atoms with Crippen LogP contribution < -0.4 is 4.74 Å². The van der Waals surface area contributed by atoms with E-state index in [1.165, 1.54) is 6.40 Å². The molecule has 1 aromatic carbocycles. The van der Waals surface area contributed by atoms with E-state index in [1.807, 2.05) is 30.3 Å². The lowest BCUT2D eigenvalue weighted by molar-refractivity contribution is 0.395. The molecule has 1 aromatic heterocycles. The Morgan fingerprint density at radius 1 is 1.33 bits per heavy atom. The van der Waals surface area contributed by atoms with Crippen molar-refractivity contribution in [3.05, 3.63) is 36.4 Å². The molecule has 4 heteroatoms. The summed E-state index contributed by atoms with van der Waals surface area (Å²) in [5.74, 6) is 1.08. The summed E-state index contributed by atoms with van der Waals surface area (Å²) in [6.07, 6.45) is 1.31. The molecular weight excluding hydrogens is 192 g/mol. The number of aromatic nitrogens is 1. The quantitative estimate of drug-likeness (QED) is 0.567. The van der Waals surface area contributed by atoms with Gasteiger partial charge in [0.15, 0.2) is 12.2 Å². The van der Waals surface area contributed by atoms with Crippen LogP contribution in [0.3, 0.4) is 0 Å². The summed E-state index contributed by atoms with van der Waals surface area (Å²) >= 11 is 0. The lowest BCUT2D eigenvalue weighted by Gasteiger charge is -1.91. The van der Waals surface area contributed by atoms with Gasteiger partial charge in [0.05, 0.1) is 6.07 Å². The zero-order chi connectivity index (χ0) is 10.5. The maximum atomic E-state index is 5.11. The van der Waals surface area contributed by atoms with E-state index in [0.717, 1.165) is 5.56 Å². The molecule has 2 aromatic rings. The van der Waals surface area contributed by atoms with Crippen molar-refractivity contribution < 1.29 is 9.26 Å². The van der Waals surface area contributed by atoms with Crippen LogP contribution in [0.2, 0.25) is 0 Å². The zero-order valence-electron chi connectivity index (χ0n) is 8.25. The highest BCUT2D eigenvalue weighted by molar-refractivity contribution is 5.59. The third-order valence-electron chi connectivity index (χ3n) is 1.83. The summed E-state index contributed by atoms with van der Waals surface area (Å²) in [6.45, 7) is 0. The first-order valence-electron chi connectivity index (χ1n) is 4.49. The van der Waals surface area contributed by atoms with E-state index in [9.17, 15) is 0 Å². The fourth-order valence-electron chi connectivity index (χ4n) is 1.16. The fraction of sp³-hybridized carbons (Fsp3) is 0.0909. The van der Waals surface area contributed by atoms with Gasteiger partial charge in [0.25, 0.3) is 5.88 Å². The van der Waals surface area contributed by atoms with E-state index in [4.69, 9.17) is 9.26 Å². The molecule has 0 bridgehead atoms. The monoisotopic (exact) mass is 202 g/mol. The normalized spacial score (nSPS) is 10.7. The minimum Gasteiger partial charge on any atom is -0.425 e. The first kappa shape index (κ1) is 9.45.